The molecule has 0 unspecified atom stereocenters. The molecule has 1 rings (SSSR count). The number of ether oxygens (including phenoxy) is 1. The van der Waals surface area contributed by atoms with Crippen LogP contribution in [-0.4, -0.2) is 38.0 Å². The number of rotatable bonds is 15. The van der Waals surface area contributed by atoms with Gasteiger partial charge in [-0.25, -0.2) is 4.39 Å². The molecule has 0 aliphatic carbocycles. The lowest BCUT2D eigenvalue weighted by atomic mass is 10.1. The molecule has 0 aliphatic heterocycles. The van der Waals surface area contributed by atoms with Gasteiger partial charge in [-0.15, -0.1) is 0 Å². The van der Waals surface area contributed by atoms with Crippen molar-refractivity contribution in [3.05, 3.63) is 29.6 Å². The molecule has 0 atom stereocenters. The van der Waals surface area contributed by atoms with Gasteiger partial charge in [0.1, 0.15) is 5.84 Å². The molecule has 8 N–H and O–H groups in total. The molecule has 0 heterocycles. The van der Waals surface area contributed by atoms with Crippen LogP contribution in [0.1, 0.15) is 50.5 Å². The minimum atomic E-state index is -0.487. The van der Waals surface area contributed by atoms with Gasteiger partial charge in [-0.1, -0.05) is 19.3 Å². The first-order valence-electron chi connectivity index (χ1n) is 9.53. The minimum Gasteiger partial charge on any atom is -0.491 e. The Labute approximate surface area is 161 Å². The highest BCUT2D eigenvalue weighted by molar-refractivity contribution is 5.95. The van der Waals surface area contributed by atoms with Crippen LogP contribution >= 0.6 is 0 Å². The van der Waals surface area contributed by atoms with Gasteiger partial charge in [0.15, 0.2) is 17.5 Å². The van der Waals surface area contributed by atoms with Gasteiger partial charge in [0.25, 0.3) is 0 Å². The normalized spacial score (nSPS) is 10.6. The fourth-order valence-electron chi connectivity index (χ4n) is 2.54. The smallest absolute Gasteiger partial charge is 0.185 e. The number of nitrogen functional groups attached to an aromatic ring is 1. The molecule has 27 heavy (non-hydrogen) atoms. The van der Waals surface area contributed by atoms with E-state index in [1.54, 1.807) is 6.07 Å². The van der Waals surface area contributed by atoms with Crippen LogP contribution in [-0.2, 0) is 0 Å². The maximum Gasteiger partial charge on any atom is 0.185 e. The average molecular weight is 381 g/mol. The first-order chi connectivity index (χ1) is 13.0. The summed E-state index contributed by atoms with van der Waals surface area (Å²) in [4.78, 5) is 3.96. The van der Waals surface area contributed by atoms with Crippen molar-refractivity contribution in [1.29, 1.82) is 5.41 Å². The summed E-state index contributed by atoms with van der Waals surface area (Å²) >= 11 is 0. The van der Waals surface area contributed by atoms with E-state index in [1.165, 1.54) is 25.0 Å². The monoisotopic (exact) mass is 380 g/mol. The van der Waals surface area contributed by atoms with Crippen molar-refractivity contribution < 1.29 is 9.13 Å². The Bertz CT molecular complexity index is 590. The second-order valence-corrected chi connectivity index (χ2v) is 6.44. The van der Waals surface area contributed by atoms with E-state index in [9.17, 15) is 4.39 Å². The van der Waals surface area contributed by atoms with Crippen molar-refractivity contribution in [3.63, 3.8) is 0 Å². The Morgan fingerprint density at radius 1 is 1.00 bits per heavy atom. The molecule has 7 nitrogen and oxygen atoms in total. The van der Waals surface area contributed by atoms with Crippen molar-refractivity contribution in [1.82, 2.24) is 5.32 Å². The van der Waals surface area contributed by atoms with Crippen LogP contribution in [0.25, 0.3) is 0 Å². The third-order valence-corrected chi connectivity index (χ3v) is 4.05. The summed E-state index contributed by atoms with van der Waals surface area (Å²) in [6.45, 7) is 3.12. The van der Waals surface area contributed by atoms with E-state index in [-0.39, 0.29) is 17.5 Å². The largest absolute Gasteiger partial charge is 0.491 e. The summed E-state index contributed by atoms with van der Waals surface area (Å²) in [5.74, 6) is -0.273. The molecule has 0 spiro atoms. The highest BCUT2D eigenvalue weighted by Crippen LogP contribution is 2.18. The van der Waals surface area contributed by atoms with Crippen molar-refractivity contribution >= 4 is 11.8 Å². The number of hydrogen-bond donors (Lipinski definition) is 5. The molecule has 1 aromatic rings. The SMILES string of the molecule is N=C(N)c1ccc(OCCCCNCCCCCCCN=C(N)N)c(F)c1. The molecule has 0 bridgehead atoms. The minimum absolute atomic E-state index is 0.155. The zero-order valence-electron chi connectivity index (χ0n) is 16.0. The predicted octanol–water partition coefficient (Wildman–Crippen LogP) is 2.08. The van der Waals surface area contributed by atoms with Gasteiger partial charge in [-0.05, 0) is 57.0 Å². The van der Waals surface area contributed by atoms with Crippen molar-refractivity contribution in [2.75, 3.05) is 26.2 Å². The quantitative estimate of drug-likeness (QED) is 0.180. The molecule has 0 aliphatic rings. The molecule has 8 heteroatoms. The first-order valence-corrected chi connectivity index (χ1v) is 9.53. The summed E-state index contributed by atoms with van der Waals surface area (Å²) in [5, 5.41) is 10.7. The average Bonchev–Trinajstić information content (AvgIpc) is 2.62. The van der Waals surface area contributed by atoms with Gasteiger partial charge < -0.3 is 27.3 Å². The number of guanidine groups is 1. The van der Waals surface area contributed by atoms with Gasteiger partial charge in [-0.3, -0.25) is 10.4 Å². The number of halogens is 1. The number of amidine groups is 1. The van der Waals surface area contributed by atoms with Gasteiger partial charge in [-0.2, -0.15) is 0 Å². The molecule has 0 radical (unpaired) electrons. The van der Waals surface area contributed by atoms with E-state index < -0.39 is 5.82 Å². The van der Waals surface area contributed by atoms with E-state index in [4.69, 9.17) is 27.3 Å². The number of nitrogens with one attached hydrogen (secondary N) is 2. The first kappa shape index (κ1) is 22.7. The summed E-state index contributed by atoms with van der Waals surface area (Å²) in [5.41, 5.74) is 16.2. The fraction of sp³-hybridized carbons (Fsp3) is 0.579. The second-order valence-electron chi connectivity index (χ2n) is 6.44. The van der Waals surface area contributed by atoms with Gasteiger partial charge in [0.05, 0.1) is 6.61 Å². The fourth-order valence-corrected chi connectivity index (χ4v) is 2.54. The molecule has 0 fully saturated rings. The third-order valence-electron chi connectivity index (χ3n) is 4.05. The Morgan fingerprint density at radius 3 is 2.33 bits per heavy atom. The third kappa shape index (κ3) is 11.1. The van der Waals surface area contributed by atoms with Crippen LogP contribution in [0.5, 0.6) is 5.75 Å². The van der Waals surface area contributed by atoms with E-state index in [1.807, 2.05) is 0 Å². The highest BCUT2D eigenvalue weighted by atomic mass is 19.1. The van der Waals surface area contributed by atoms with Crippen molar-refractivity contribution in [3.8, 4) is 5.75 Å². The Hall–Kier alpha value is -2.35. The molecule has 0 aromatic heterocycles. The maximum absolute atomic E-state index is 13.8. The number of unbranched alkanes of at least 4 members (excludes halogenated alkanes) is 5. The lowest BCUT2D eigenvalue weighted by Crippen LogP contribution is -2.22. The van der Waals surface area contributed by atoms with Crippen molar-refractivity contribution in [2.24, 2.45) is 22.2 Å². The van der Waals surface area contributed by atoms with Crippen LogP contribution < -0.4 is 27.3 Å². The van der Waals surface area contributed by atoms with Crippen LogP contribution in [0.4, 0.5) is 4.39 Å². The highest BCUT2D eigenvalue weighted by Gasteiger charge is 2.06. The molecule has 0 saturated carbocycles. The number of aliphatic imine (C=N–C) groups is 1. The van der Waals surface area contributed by atoms with Crippen LogP contribution in [0.3, 0.4) is 0 Å². The summed E-state index contributed by atoms with van der Waals surface area (Å²) in [7, 11) is 0. The number of nitrogens with two attached hydrogens (primary N) is 3. The Morgan fingerprint density at radius 2 is 1.67 bits per heavy atom. The second kappa shape index (κ2) is 13.8. The summed E-state index contributed by atoms with van der Waals surface area (Å²) in [6.07, 6.45) is 7.57. The standard InChI is InChI=1S/C19H33FN6O/c20-16-14-15(18(21)22)8-9-17(16)27-13-7-6-11-25-10-4-2-1-3-5-12-26-19(23)24/h8-9,14,25H,1-7,10-13H2,(H3,21,22)(H4,23,24,26). The lowest BCUT2D eigenvalue weighted by molar-refractivity contribution is 0.291. The van der Waals surface area contributed by atoms with Gasteiger partial charge in [0, 0.05) is 12.1 Å². The number of hydrogen-bond acceptors (Lipinski definition) is 4. The summed E-state index contributed by atoms with van der Waals surface area (Å²) < 4.78 is 19.2. The molecule has 1 aromatic carbocycles. The van der Waals surface area contributed by atoms with Gasteiger partial charge in [0.2, 0.25) is 0 Å². The van der Waals surface area contributed by atoms with Gasteiger partial charge >= 0.3 is 0 Å². The van der Waals surface area contributed by atoms with E-state index >= 15 is 0 Å². The number of benzene rings is 1. The molecule has 0 saturated heterocycles. The zero-order chi connectivity index (χ0) is 19.9. The molecule has 0 amide bonds. The molecular weight excluding hydrogens is 347 g/mol. The van der Waals surface area contributed by atoms with Crippen LogP contribution in [0.2, 0.25) is 0 Å². The number of nitrogens with zero attached hydrogens (tertiary/aromatic N) is 1. The predicted molar refractivity (Wildman–Crippen MR) is 109 cm³/mol. The zero-order valence-corrected chi connectivity index (χ0v) is 16.0. The Balaban J connectivity index is 1.93. The van der Waals surface area contributed by atoms with E-state index in [0.29, 0.717) is 18.7 Å². The van der Waals surface area contributed by atoms with Crippen molar-refractivity contribution in [2.45, 2.75) is 44.9 Å². The summed E-state index contributed by atoms with van der Waals surface area (Å²) in [6, 6.07) is 4.32. The topological polar surface area (TPSA) is 136 Å². The van der Waals surface area contributed by atoms with Crippen LogP contribution in [0, 0.1) is 11.2 Å². The Kier molecular flexibility index (Phi) is 11.6. The van der Waals surface area contributed by atoms with Crippen LogP contribution in [0.15, 0.2) is 23.2 Å². The lowest BCUT2D eigenvalue weighted by Gasteiger charge is -2.09. The molecule has 152 valence electrons. The van der Waals surface area contributed by atoms with E-state index in [2.05, 4.69) is 10.3 Å². The van der Waals surface area contributed by atoms with E-state index in [0.717, 1.165) is 45.2 Å². The maximum atomic E-state index is 13.8. The molecular formula is C19H33FN6O.